The Kier molecular flexibility index (Phi) is 6.40. The summed E-state index contributed by atoms with van der Waals surface area (Å²) >= 11 is 9.07. The molecular formula is C18H21BrN2S. The number of hydrogen-bond acceptors (Lipinski definition) is 1. The number of nitrogens with one attached hydrogen (secondary N) is 1. The van der Waals surface area contributed by atoms with Crippen LogP contribution >= 0.6 is 28.1 Å². The van der Waals surface area contributed by atoms with E-state index in [0.717, 1.165) is 28.1 Å². The number of halogens is 1. The first-order chi connectivity index (χ1) is 10.6. The molecule has 2 rings (SSSR count). The lowest BCUT2D eigenvalue weighted by molar-refractivity contribution is 0.355. The number of thiocarbonyl (C=S) groups is 1. The Balaban J connectivity index is 2.13. The van der Waals surface area contributed by atoms with Gasteiger partial charge in [0.05, 0.1) is 6.04 Å². The lowest BCUT2D eigenvalue weighted by Crippen LogP contribution is -2.34. The summed E-state index contributed by atoms with van der Waals surface area (Å²) in [5.41, 5.74) is 2.30. The monoisotopic (exact) mass is 376 g/mol. The number of nitrogens with zero attached hydrogens (tertiary/aromatic N) is 1. The Morgan fingerprint density at radius 1 is 1.14 bits per heavy atom. The third-order valence-electron chi connectivity index (χ3n) is 3.63. The molecule has 116 valence electrons. The SMILES string of the molecule is CCCC(c1ccc(Br)cc1)N(C)C(=S)Nc1ccccc1. The summed E-state index contributed by atoms with van der Waals surface area (Å²) in [5, 5.41) is 4.05. The molecule has 2 aromatic rings. The van der Waals surface area contributed by atoms with Crippen LogP contribution in [-0.4, -0.2) is 17.1 Å². The highest BCUT2D eigenvalue weighted by molar-refractivity contribution is 9.10. The van der Waals surface area contributed by atoms with Crippen molar-refractivity contribution in [2.75, 3.05) is 12.4 Å². The van der Waals surface area contributed by atoms with E-state index in [1.807, 2.05) is 30.3 Å². The molecule has 0 aliphatic carbocycles. The van der Waals surface area contributed by atoms with Crippen LogP contribution < -0.4 is 5.32 Å². The molecule has 0 heterocycles. The molecule has 0 radical (unpaired) electrons. The maximum absolute atomic E-state index is 5.58. The van der Waals surface area contributed by atoms with Gasteiger partial charge in [-0.2, -0.15) is 0 Å². The maximum atomic E-state index is 5.58. The molecule has 22 heavy (non-hydrogen) atoms. The van der Waals surface area contributed by atoms with Crippen molar-refractivity contribution in [2.24, 2.45) is 0 Å². The fourth-order valence-corrected chi connectivity index (χ4v) is 2.93. The van der Waals surface area contributed by atoms with E-state index < -0.39 is 0 Å². The minimum absolute atomic E-state index is 0.279. The van der Waals surface area contributed by atoms with Gasteiger partial charge in [0.15, 0.2) is 5.11 Å². The van der Waals surface area contributed by atoms with Gasteiger partial charge in [0.25, 0.3) is 0 Å². The van der Waals surface area contributed by atoms with E-state index in [2.05, 4.69) is 64.4 Å². The van der Waals surface area contributed by atoms with Gasteiger partial charge in [-0.25, -0.2) is 0 Å². The van der Waals surface area contributed by atoms with Gasteiger partial charge >= 0.3 is 0 Å². The molecule has 0 saturated heterocycles. The van der Waals surface area contributed by atoms with Crippen LogP contribution in [0.15, 0.2) is 59.1 Å². The molecule has 1 unspecified atom stereocenters. The van der Waals surface area contributed by atoms with Crippen molar-refractivity contribution in [3.8, 4) is 0 Å². The van der Waals surface area contributed by atoms with Crippen molar-refractivity contribution < 1.29 is 0 Å². The summed E-state index contributed by atoms with van der Waals surface area (Å²) in [5.74, 6) is 0. The van der Waals surface area contributed by atoms with E-state index >= 15 is 0 Å². The zero-order chi connectivity index (χ0) is 15.9. The fourth-order valence-electron chi connectivity index (χ4n) is 2.42. The second kappa shape index (κ2) is 8.30. The maximum Gasteiger partial charge on any atom is 0.173 e. The van der Waals surface area contributed by atoms with E-state index in [0.29, 0.717) is 0 Å². The second-order valence-electron chi connectivity index (χ2n) is 5.26. The lowest BCUT2D eigenvalue weighted by Gasteiger charge is -2.31. The van der Waals surface area contributed by atoms with Crippen LogP contribution in [0.2, 0.25) is 0 Å². The van der Waals surface area contributed by atoms with Gasteiger partial charge in [0.1, 0.15) is 0 Å². The van der Waals surface area contributed by atoms with Crippen LogP contribution in [0.1, 0.15) is 31.4 Å². The molecule has 0 aliphatic heterocycles. The standard InChI is InChI=1S/C18H21BrN2S/c1-3-7-17(14-10-12-15(19)13-11-14)21(2)18(22)20-16-8-5-4-6-9-16/h4-6,8-13,17H,3,7H2,1-2H3,(H,20,22). The number of rotatable bonds is 5. The molecule has 0 bridgehead atoms. The zero-order valence-electron chi connectivity index (χ0n) is 12.9. The number of benzene rings is 2. The summed E-state index contributed by atoms with van der Waals surface area (Å²) < 4.78 is 1.10. The zero-order valence-corrected chi connectivity index (χ0v) is 15.3. The van der Waals surface area contributed by atoms with E-state index in [9.17, 15) is 0 Å². The first kappa shape index (κ1) is 17.0. The highest BCUT2D eigenvalue weighted by atomic mass is 79.9. The van der Waals surface area contributed by atoms with Crippen LogP contribution in [-0.2, 0) is 0 Å². The molecule has 1 atom stereocenters. The predicted molar refractivity (Wildman–Crippen MR) is 102 cm³/mol. The first-order valence-corrected chi connectivity index (χ1v) is 8.66. The Bertz CT molecular complexity index is 598. The van der Waals surface area contributed by atoms with Crippen LogP contribution in [0.5, 0.6) is 0 Å². The van der Waals surface area contributed by atoms with E-state index in [1.165, 1.54) is 5.56 Å². The van der Waals surface area contributed by atoms with Crippen molar-refractivity contribution in [3.05, 3.63) is 64.6 Å². The van der Waals surface area contributed by atoms with Crippen molar-refractivity contribution in [3.63, 3.8) is 0 Å². The van der Waals surface area contributed by atoms with Crippen LogP contribution in [0.3, 0.4) is 0 Å². The van der Waals surface area contributed by atoms with Gasteiger partial charge in [-0.3, -0.25) is 0 Å². The van der Waals surface area contributed by atoms with Crippen molar-refractivity contribution in [2.45, 2.75) is 25.8 Å². The number of para-hydroxylation sites is 1. The van der Waals surface area contributed by atoms with Gasteiger partial charge in [0.2, 0.25) is 0 Å². The summed E-state index contributed by atoms with van der Waals surface area (Å²) in [6.07, 6.45) is 2.17. The molecular weight excluding hydrogens is 356 g/mol. The third-order valence-corrected chi connectivity index (χ3v) is 4.55. The third kappa shape index (κ3) is 4.55. The van der Waals surface area contributed by atoms with Gasteiger partial charge < -0.3 is 10.2 Å². The molecule has 0 aromatic heterocycles. The molecule has 1 N–H and O–H groups in total. The van der Waals surface area contributed by atoms with E-state index in [1.54, 1.807) is 0 Å². The highest BCUT2D eigenvalue weighted by Gasteiger charge is 2.18. The van der Waals surface area contributed by atoms with Crippen molar-refractivity contribution in [1.82, 2.24) is 4.90 Å². The van der Waals surface area contributed by atoms with Crippen molar-refractivity contribution in [1.29, 1.82) is 0 Å². The molecule has 2 nitrogen and oxygen atoms in total. The highest BCUT2D eigenvalue weighted by Crippen LogP contribution is 2.26. The summed E-state index contributed by atoms with van der Waals surface area (Å²) in [7, 11) is 2.06. The number of hydrogen-bond donors (Lipinski definition) is 1. The van der Waals surface area contributed by atoms with Gasteiger partial charge in [-0.05, 0) is 48.5 Å². The van der Waals surface area contributed by atoms with Crippen LogP contribution in [0.25, 0.3) is 0 Å². The van der Waals surface area contributed by atoms with Gasteiger partial charge in [0, 0.05) is 17.2 Å². The Morgan fingerprint density at radius 3 is 2.36 bits per heavy atom. The molecule has 0 spiro atoms. The van der Waals surface area contributed by atoms with Crippen molar-refractivity contribution >= 4 is 38.9 Å². The quantitative estimate of drug-likeness (QED) is 0.681. The second-order valence-corrected chi connectivity index (χ2v) is 6.57. The topological polar surface area (TPSA) is 15.3 Å². The Hall–Kier alpha value is -1.39. The minimum Gasteiger partial charge on any atom is -0.345 e. The molecule has 0 amide bonds. The normalized spacial score (nSPS) is 11.8. The molecule has 4 heteroatoms. The Morgan fingerprint density at radius 2 is 1.77 bits per heavy atom. The Labute approximate surface area is 146 Å². The van der Waals surface area contributed by atoms with Gasteiger partial charge in [-0.15, -0.1) is 0 Å². The summed E-state index contributed by atoms with van der Waals surface area (Å²) in [4.78, 5) is 2.15. The fraction of sp³-hybridized carbons (Fsp3) is 0.278. The first-order valence-electron chi connectivity index (χ1n) is 7.46. The van der Waals surface area contributed by atoms with E-state index in [4.69, 9.17) is 12.2 Å². The average molecular weight is 377 g/mol. The molecule has 0 saturated carbocycles. The summed E-state index contributed by atoms with van der Waals surface area (Å²) in [6, 6.07) is 18.8. The van der Waals surface area contributed by atoms with Gasteiger partial charge in [-0.1, -0.05) is 59.6 Å². The molecule has 0 aliphatic rings. The smallest absolute Gasteiger partial charge is 0.173 e. The average Bonchev–Trinajstić information content (AvgIpc) is 2.54. The minimum atomic E-state index is 0.279. The summed E-state index contributed by atoms with van der Waals surface area (Å²) in [6.45, 7) is 2.20. The number of anilines is 1. The van der Waals surface area contributed by atoms with E-state index in [-0.39, 0.29) is 6.04 Å². The lowest BCUT2D eigenvalue weighted by atomic mass is 10.0. The van der Waals surface area contributed by atoms with Crippen LogP contribution in [0.4, 0.5) is 5.69 Å². The molecule has 0 fully saturated rings. The predicted octanol–water partition coefficient (Wildman–Crippen LogP) is 5.62. The molecule has 2 aromatic carbocycles. The largest absolute Gasteiger partial charge is 0.345 e. The van der Waals surface area contributed by atoms with Crippen LogP contribution in [0, 0.1) is 0 Å².